The number of carbonyl (C=O) groups excluding carboxylic acids is 1. The fourth-order valence-electron chi connectivity index (χ4n) is 3.98. The Labute approximate surface area is 175 Å². The van der Waals surface area contributed by atoms with Crippen LogP contribution in [0.25, 0.3) is 11.0 Å². The first kappa shape index (κ1) is 19.8. The number of alkyl halides is 2. The summed E-state index contributed by atoms with van der Waals surface area (Å²) in [7, 11) is 0. The summed E-state index contributed by atoms with van der Waals surface area (Å²) in [5, 5.41) is 6.61. The Hall–Kier alpha value is -3.17. The van der Waals surface area contributed by atoms with Crippen molar-refractivity contribution in [2.75, 3.05) is 10.6 Å². The quantitative estimate of drug-likeness (QED) is 0.385. The largest absolute Gasteiger partial charge is 0.367 e. The summed E-state index contributed by atoms with van der Waals surface area (Å²) in [6, 6.07) is 2.47. The molecule has 0 bridgehead atoms. The first-order valence-electron chi connectivity index (χ1n) is 10.2. The van der Waals surface area contributed by atoms with E-state index in [1.54, 1.807) is 0 Å². The van der Waals surface area contributed by atoms with Crippen LogP contribution in [0.4, 0.5) is 24.8 Å². The molecule has 2 aliphatic carbocycles. The normalized spacial score (nSPS) is 19.1. The highest BCUT2D eigenvalue weighted by Crippen LogP contribution is 2.39. The molecule has 0 aromatic carbocycles. The highest BCUT2D eigenvalue weighted by molar-refractivity contribution is 6.18. The van der Waals surface area contributed by atoms with E-state index in [9.17, 15) is 18.0 Å². The molecule has 1 atom stereocenters. The molecule has 3 aromatic heterocycles. The number of aromatic nitrogens is 4. The van der Waals surface area contributed by atoms with E-state index in [0.29, 0.717) is 22.8 Å². The predicted octanol–water partition coefficient (Wildman–Crippen LogP) is 4.14. The lowest BCUT2D eigenvalue weighted by Gasteiger charge is -2.35. The van der Waals surface area contributed by atoms with Crippen molar-refractivity contribution in [2.45, 2.75) is 50.6 Å². The summed E-state index contributed by atoms with van der Waals surface area (Å²) in [4.78, 5) is 28.3. The number of hydrogen-bond acceptors (Lipinski definition) is 6. The summed E-state index contributed by atoms with van der Waals surface area (Å²) >= 11 is 0. The van der Waals surface area contributed by atoms with E-state index in [1.807, 2.05) is 0 Å². The van der Waals surface area contributed by atoms with E-state index in [4.69, 9.17) is 0 Å². The molecule has 0 spiro atoms. The molecule has 3 aromatic rings. The van der Waals surface area contributed by atoms with Crippen LogP contribution in [0.2, 0.25) is 0 Å². The minimum Gasteiger partial charge on any atom is -0.367 e. The fourth-order valence-corrected chi connectivity index (χ4v) is 3.98. The van der Waals surface area contributed by atoms with Gasteiger partial charge in [0, 0.05) is 31.1 Å². The summed E-state index contributed by atoms with van der Waals surface area (Å²) in [5.74, 6) is -3.00. The zero-order valence-corrected chi connectivity index (χ0v) is 16.8. The third kappa shape index (κ3) is 3.82. The number of pyridine rings is 1. The zero-order valence-electron chi connectivity index (χ0n) is 16.8. The minimum atomic E-state index is -2.69. The number of rotatable bonds is 7. The van der Waals surface area contributed by atoms with Crippen LogP contribution < -0.4 is 10.6 Å². The molecule has 2 saturated carbocycles. The van der Waals surface area contributed by atoms with Gasteiger partial charge in [-0.25, -0.2) is 23.7 Å². The molecule has 3 N–H and O–H groups in total. The predicted molar refractivity (Wildman–Crippen MR) is 109 cm³/mol. The van der Waals surface area contributed by atoms with Gasteiger partial charge in [-0.1, -0.05) is 0 Å². The SMILES string of the molecule is C[C@H](Nc1ncnc2[nH]cc(C(=O)c3ccc(NC4CC(F)(F)C4)nc3F)c12)C1CC1. The first-order valence-corrected chi connectivity index (χ1v) is 10.2. The lowest BCUT2D eigenvalue weighted by molar-refractivity contribution is -0.0794. The van der Waals surface area contributed by atoms with E-state index in [2.05, 4.69) is 37.5 Å². The maximum Gasteiger partial charge on any atom is 0.252 e. The molecule has 10 heteroatoms. The average molecular weight is 430 g/mol. The third-order valence-electron chi connectivity index (χ3n) is 5.94. The second kappa shape index (κ2) is 7.21. The lowest BCUT2D eigenvalue weighted by atomic mass is 9.88. The maximum absolute atomic E-state index is 14.7. The second-order valence-corrected chi connectivity index (χ2v) is 8.39. The number of nitrogens with zero attached hydrogens (tertiary/aromatic N) is 3. The third-order valence-corrected chi connectivity index (χ3v) is 5.94. The fraction of sp³-hybridized carbons (Fsp3) is 0.429. The number of carbonyl (C=O) groups is 1. The van der Waals surface area contributed by atoms with Gasteiger partial charge in [-0.15, -0.1) is 0 Å². The van der Waals surface area contributed by atoms with Crippen LogP contribution in [0, 0.1) is 11.9 Å². The summed E-state index contributed by atoms with van der Waals surface area (Å²) in [5.41, 5.74) is 0.498. The lowest BCUT2D eigenvalue weighted by Crippen LogP contribution is -2.44. The van der Waals surface area contributed by atoms with Crippen LogP contribution in [0.1, 0.15) is 48.5 Å². The second-order valence-electron chi connectivity index (χ2n) is 8.39. The molecular weight excluding hydrogens is 409 g/mol. The molecule has 0 radical (unpaired) electrons. The Morgan fingerprint density at radius 2 is 2.00 bits per heavy atom. The van der Waals surface area contributed by atoms with Gasteiger partial charge in [0.05, 0.1) is 16.5 Å². The van der Waals surface area contributed by atoms with Crippen LogP contribution in [0.3, 0.4) is 0 Å². The number of H-pyrrole nitrogens is 1. The van der Waals surface area contributed by atoms with E-state index < -0.39 is 23.7 Å². The van der Waals surface area contributed by atoms with Crippen molar-refractivity contribution in [3.05, 3.63) is 41.7 Å². The molecule has 5 rings (SSSR count). The number of fused-ring (bicyclic) bond motifs is 1. The van der Waals surface area contributed by atoms with Crippen molar-refractivity contribution in [2.24, 2.45) is 5.92 Å². The van der Waals surface area contributed by atoms with Gasteiger partial charge in [0.1, 0.15) is 23.6 Å². The smallest absolute Gasteiger partial charge is 0.252 e. The topological polar surface area (TPSA) is 95.6 Å². The van der Waals surface area contributed by atoms with E-state index in [0.717, 1.165) is 12.8 Å². The minimum absolute atomic E-state index is 0.123. The van der Waals surface area contributed by atoms with Crippen molar-refractivity contribution < 1.29 is 18.0 Å². The van der Waals surface area contributed by atoms with Gasteiger partial charge in [0.25, 0.3) is 5.92 Å². The molecule has 162 valence electrons. The number of anilines is 2. The molecular formula is C21H21F3N6O. The zero-order chi connectivity index (χ0) is 21.8. The molecule has 2 aliphatic rings. The number of aromatic amines is 1. The van der Waals surface area contributed by atoms with Gasteiger partial charge in [-0.3, -0.25) is 4.79 Å². The molecule has 0 unspecified atom stereocenters. The first-order chi connectivity index (χ1) is 14.8. The van der Waals surface area contributed by atoms with Crippen molar-refractivity contribution in [3.63, 3.8) is 0 Å². The van der Waals surface area contributed by atoms with Crippen LogP contribution in [0.15, 0.2) is 24.7 Å². The van der Waals surface area contributed by atoms with Crippen molar-refractivity contribution in [1.29, 1.82) is 0 Å². The van der Waals surface area contributed by atoms with Crippen LogP contribution in [-0.2, 0) is 0 Å². The van der Waals surface area contributed by atoms with Crippen LogP contribution in [-0.4, -0.2) is 43.7 Å². The maximum atomic E-state index is 14.7. The van der Waals surface area contributed by atoms with E-state index >= 15 is 0 Å². The van der Waals surface area contributed by atoms with E-state index in [-0.39, 0.29) is 35.8 Å². The number of ketones is 1. The van der Waals surface area contributed by atoms with Gasteiger partial charge in [0.2, 0.25) is 5.95 Å². The van der Waals surface area contributed by atoms with Crippen molar-refractivity contribution in [1.82, 2.24) is 19.9 Å². The highest BCUT2D eigenvalue weighted by atomic mass is 19.3. The average Bonchev–Trinajstić information content (AvgIpc) is 3.46. The Morgan fingerprint density at radius 3 is 2.68 bits per heavy atom. The Kier molecular flexibility index (Phi) is 4.60. The molecule has 0 saturated heterocycles. The Bertz CT molecular complexity index is 1150. The molecule has 7 nitrogen and oxygen atoms in total. The van der Waals surface area contributed by atoms with Gasteiger partial charge >= 0.3 is 0 Å². The van der Waals surface area contributed by atoms with Crippen LogP contribution >= 0.6 is 0 Å². The number of nitrogens with one attached hydrogen (secondary N) is 3. The molecule has 0 aliphatic heterocycles. The summed E-state index contributed by atoms with van der Waals surface area (Å²) in [6.45, 7) is 2.06. The van der Waals surface area contributed by atoms with Gasteiger partial charge < -0.3 is 15.6 Å². The van der Waals surface area contributed by atoms with Gasteiger partial charge in [-0.05, 0) is 37.8 Å². The summed E-state index contributed by atoms with van der Waals surface area (Å²) in [6.07, 6.45) is 4.55. The van der Waals surface area contributed by atoms with Crippen LogP contribution in [0.5, 0.6) is 0 Å². The van der Waals surface area contributed by atoms with Crippen molar-refractivity contribution >= 4 is 28.5 Å². The number of halogens is 3. The Balaban J connectivity index is 1.41. The molecule has 3 heterocycles. The standard InChI is InChI=1S/C21H21F3N6O/c1-10(11-2-3-11)28-20-16-14(8-25-19(16)26-9-27-20)17(31)13-4-5-15(30-18(13)22)29-12-6-21(23,24)7-12/h4-5,8-12H,2-3,6-7H2,1H3,(H,29,30)(H2,25,26,27,28)/t10-/m0/s1. The van der Waals surface area contributed by atoms with E-state index in [1.165, 1.54) is 24.7 Å². The van der Waals surface area contributed by atoms with Crippen molar-refractivity contribution in [3.8, 4) is 0 Å². The summed E-state index contributed by atoms with van der Waals surface area (Å²) < 4.78 is 40.6. The van der Waals surface area contributed by atoms with Gasteiger partial charge in [-0.2, -0.15) is 4.39 Å². The molecule has 2 fully saturated rings. The Morgan fingerprint density at radius 1 is 1.23 bits per heavy atom. The number of hydrogen-bond donors (Lipinski definition) is 3. The molecule has 31 heavy (non-hydrogen) atoms. The highest BCUT2D eigenvalue weighted by Gasteiger charge is 2.45. The molecule has 0 amide bonds. The van der Waals surface area contributed by atoms with Gasteiger partial charge in [0.15, 0.2) is 5.78 Å². The monoisotopic (exact) mass is 430 g/mol.